The van der Waals surface area contributed by atoms with Crippen LogP contribution in [0.2, 0.25) is 0 Å². The summed E-state index contributed by atoms with van der Waals surface area (Å²) >= 11 is 0. The molecule has 0 aliphatic rings. The summed E-state index contributed by atoms with van der Waals surface area (Å²) in [6, 6.07) is 6.39. The Hall–Kier alpha value is -3.15. The molecule has 0 radical (unpaired) electrons. The van der Waals surface area contributed by atoms with Crippen molar-refractivity contribution in [1.82, 2.24) is 4.98 Å². The van der Waals surface area contributed by atoms with Gasteiger partial charge in [-0.2, -0.15) is 0 Å². The Morgan fingerprint density at radius 2 is 1.81 bits per heavy atom. The first-order valence-corrected chi connectivity index (χ1v) is 8.09. The van der Waals surface area contributed by atoms with E-state index in [9.17, 15) is 14.4 Å². The fourth-order valence-corrected chi connectivity index (χ4v) is 2.69. The Morgan fingerprint density at radius 3 is 2.35 bits per heavy atom. The van der Waals surface area contributed by atoms with Crippen molar-refractivity contribution >= 4 is 17.5 Å². The molecule has 26 heavy (non-hydrogen) atoms. The highest BCUT2D eigenvalue weighted by molar-refractivity contribution is 6.04. The molecule has 0 atom stereocenters. The first-order valence-electron chi connectivity index (χ1n) is 8.09. The Balaban J connectivity index is 2.01. The minimum absolute atomic E-state index is 0.119. The number of Topliss-reactive ketones (excluding diaryl/α,β-unsaturated/α-hetero) is 2. The quantitative estimate of drug-likeness (QED) is 0.445. The average molecular weight is 355 g/mol. The van der Waals surface area contributed by atoms with Crippen LogP contribution in [0.4, 0.5) is 0 Å². The summed E-state index contributed by atoms with van der Waals surface area (Å²) < 4.78 is 10.4. The van der Waals surface area contributed by atoms with Crippen molar-refractivity contribution in [1.29, 1.82) is 0 Å². The third-order valence-corrected chi connectivity index (χ3v) is 3.86. The number of hydrogen-bond acceptors (Lipinski definition) is 5. The van der Waals surface area contributed by atoms with E-state index in [1.165, 1.54) is 6.92 Å². The van der Waals surface area contributed by atoms with Crippen LogP contribution in [0, 0.1) is 13.8 Å². The topological polar surface area (TPSA) is 85.5 Å². The highest BCUT2D eigenvalue weighted by Gasteiger charge is 2.21. The Kier molecular flexibility index (Phi) is 6.11. The number of H-pyrrole nitrogens is 1. The summed E-state index contributed by atoms with van der Waals surface area (Å²) in [6.07, 6.45) is 1.62. The molecule has 0 aliphatic heterocycles. The smallest absolute Gasteiger partial charge is 0.338 e. The van der Waals surface area contributed by atoms with E-state index in [1.807, 2.05) is 0 Å². The van der Waals surface area contributed by atoms with Crippen molar-refractivity contribution in [3.63, 3.8) is 0 Å². The van der Waals surface area contributed by atoms with E-state index in [4.69, 9.17) is 9.47 Å². The molecule has 2 rings (SSSR count). The molecular weight excluding hydrogens is 334 g/mol. The molecule has 0 aliphatic carbocycles. The van der Waals surface area contributed by atoms with Gasteiger partial charge in [-0.15, -0.1) is 0 Å². The maximum absolute atomic E-state index is 12.3. The van der Waals surface area contributed by atoms with Gasteiger partial charge in [-0.25, -0.2) is 4.79 Å². The number of esters is 1. The molecule has 6 nitrogen and oxygen atoms in total. The summed E-state index contributed by atoms with van der Waals surface area (Å²) in [5.41, 5.74) is 2.29. The van der Waals surface area contributed by atoms with Gasteiger partial charge in [0.15, 0.2) is 12.4 Å². The molecule has 0 saturated carbocycles. The molecule has 2 aromatic rings. The summed E-state index contributed by atoms with van der Waals surface area (Å²) in [7, 11) is 0. The van der Waals surface area contributed by atoms with Gasteiger partial charge in [-0.05, 0) is 50.6 Å². The number of carbonyl (C=O) groups is 3. The molecule has 136 valence electrons. The number of ketones is 2. The third kappa shape index (κ3) is 4.27. The minimum atomic E-state index is -0.610. The molecular formula is C20H21NO5. The number of rotatable bonds is 8. The van der Waals surface area contributed by atoms with Gasteiger partial charge in [0.1, 0.15) is 12.4 Å². The molecule has 0 saturated heterocycles. The zero-order chi connectivity index (χ0) is 19.3. The summed E-state index contributed by atoms with van der Waals surface area (Å²) in [6.45, 7) is 8.38. The van der Waals surface area contributed by atoms with Crippen molar-refractivity contribution in [3.05, 3.63) is 65.0 Å². The van der Waals surface area contributed by atoms with Gasteiger partial charge in [-0.3, -0.25) is 9.59 Å². The van der Waals surface area contributed by atoms with Crippen LogP contribution in [0.15, 0.2) is 36.9 Å². The number of aromatic amines is 1. The number of nitrogens with one attached hydrogen (secondary N) is 1. The standard InChI is InChI=1S/C20H21NO5/c1-5-10-25-16-8-6-15(7-9-16)20(24)26-11-17(23)19-12(2)18(14(4)22)13(3)21-19/h5-9,21H,1,10-11H2,2-4H3. The Labute approximate surface area is 151 Å². The third-order valence-electron chi connectivity index (χ3n) is 3.86. The van der Waals surface area contributed by atoms with E-state index in [0.29, 0.717) is 34.7 Å². The lowest BCUT2D eigenvalue weighted by Crippen LogP contribution is -2.15. The second kappa shape index (κ2) is 8.29. The van der Waals surface area contributed by atoms with Gasteiger partial charge >= 0.3 is 5.97 Å². The number of carbonyl (C=O) groups excluding carboxylic acids is 3. The molecule has 6 heteroatoms. The van der Waals surface area contributed by atoms with Crippen LogP contribution in [0.1, 0.15) is 49.4 Å². The molecule has 1 aromatic carbocycles. The van der Waals surface area contributed by atoms with Gasteiger partial charge in [0.25, 0.3) is 0 Å². The first kappa shape index (κ1) is 19.2. The van der Waals surface area contributed by atoms with Crippen LogP contribution in [0.3, 0.4) is 0 Å². The number of aromatic nitrogens is 1. The van der Waals surface area contributed by atoms with Crippen LogP contribution in [0.25, 0.3) is 0 Å². The van der Waals surface area contributed by atoms with Crippen LogP contribution in [-0.2, 0) is 4.74 Å². The Morgan fingerprint density at radius 1 is 1.15 bits per heavy atom. The lowest BCUT2D eigenvalue weighted by molar-refractivity contribution is 0.0473. The molecule has 0 fully saturated rings. The summed E-state index contributed by atoms with van der Waals surface area (Å²) in [5.74, 6) is -0.517. The molecule has 0 spiro atoms. The second-order valence-electron chi connectivity index (χ2n) is 5.80. The van der Waals surface area contributed by atoms with E-state index >= 15 is 0 Å². The molecule has 0 bridgehead atoms. The molecule has 1 N–H and O–H groups in total. The lowest BCUT2D eigenvalue weighted by atomic mass is 10.1. The van der Waals surface area contributed by atoms with E-state index in [0.717, 1.165) is 0 Å². The lowest BCUT2D eigenvalue weighted by Gasteiger charge is -2.06. The second-order valence-corrected chi connectivity index (χ2v) is 5.80. The first-order chi connectivity index (χ1) is 12.3. The van der Waals surface area contributed by atoms with Crippen LogP contribution in [-0.4, -0.2) is 35.7 Å². The molecule has 0 unspecified atom stereocenters. The number of ether oxygens (including phenoxy) is 2. The number of aryl methyl sites for hydroxylation is 1. The molecule has 0 amide bonds. The van der Waals surface area contributed by atoms with Gasteiger partial charge in [0.05, 0.1) is 11.3 Å². The van der Waals surface area contributed by atoms with Crippen LogP contribution in [0.5, 0.6) is 5.75 Å². The fourth-order valence-electron chi connectivity index (χ4n) is 2.69. The van der Waals surface area contributed by atoms with E-state index in [-0.39, 0.29) is 11.5 Å². The molecule has 1 heterocycles. The number of benzene rings is 1. The average Bonchev–Trinajstić information content (AvgIpc) is 2.92. The highest BCUT2D eigenvalue weighted by Crippen LogP contribution is 2.19. The highest BCUT2D eigenvalue weighted by atomic mass is 16.5. The van der Waals surface area contributed by atoms with Crippen molar-refractivity contribution in [3.8, 4) is 5.75 Å². The zero-order valence-electron chi connectivity index (χ0n) is 15.0. The fraction of sp³-hybridized carbons (Fsp3) is 0.250. The largest absolute Gasteiger partial charge is 0.490 e. The normalized spacial score (nSPS) is 10.3. The van der Waals surface area contributed by atoms with Gasteiger partial charge in [0, 0.05) is 11.3 Å². The van der Waals surface area contributed by atoms with E-state index in [1.54, 1.807) is 44.2 Å². The zero-order valence-corrected chi connectivity index (χ0v) is 15.0. The predicted octanol–water partition coefficient (Wildman–Crippen LogP) is 3.44. The van der Waals surface area contributed by atoms with Crippen molar-refractivity contribution in [2.24, 2.45) is 0 Å². The maximum Gasteiger partial charge on any atom is 0.338 e. The van der Waals surface area contributed by atoms with Crippen LogP contribution >= 0.6 is 0 Å². The van der Waals surface area contributed by atoms with Gasteiger partial charge in [-0.1, -0.05) is 12.7 Å². The van der Waals surface area contributed by atoms with E-state index in [2.05, 4.69) is 11.6 Å². The van der Waals surface area contributed by atoms with Gasteiger partial charge in [0.2, 0.25) is 5.78 Å². The van der Waals surface area contributed by atoms with E-state index < -0.39 is 18.4 Å². The predicted molar refractivity (Wildman–Crippen MR) is 97.0 cm³/mol. The summed E-state index contributed by atoms with van der Waals surface area (Å²) in [4.78, 5) is 38.9. The van der Waals surface area contributed by atoms with Crippen LogP contribution < -0.4 is 4.74 Å². The SMILES string of the molecule is C=CCOc1ccc(C(=O)OCC(=O)c2[nH]c(C)c(C(C)=O)c2C)cc1. The Bertz CT molecular complexity index is 846. The van der Waals surface area contributed by atoms with Gasteiger partial charge < -0.3 is 14.5 Å². The maximum atomic E-state index is 12.3. The minimum Gasteiger partial charge on any atom is -0.490 e. The van der Waals surface area contributed by atoms with Crippen molar-refractivity contribution in [2.45, 2.75) is 20.8 Å². The van der Waals surface area contributed by atoms with Crippen molar-refractivity contribution in [2.75, 3.05) is 13.2 Å². The molecule has 1 aromatic heterocycles. The monoisotopic (exact) mass is 355 g/mol. The number of hydrogen-bond donors (Lipinski definition) is 1. The summed E-state index contributed by atoms with van der Waals surface area (Å²) in [5, 5.41) is 0. The van der Waals surface area contributed by atoms with Crippen molar-refractivity contribution < 1.29 is 23.9 Å².